The molecule has 0 saturated heterocycles. The Morgan fingerprint density at radius 1 is 1.32 bits per heavy atom. The van der Waals surface area contributed by atoms with Gasteiger partial charge in [-0.15, -0.1) is 0 Å². The Kier molecular flexibility index (Phi) is 3.57. The van der Waals surface area contributed by atoms with Crippen molar-refractivity contribution in [1.82, 2.24) is 14.5 Å². The molecule has 1 atom stereocenters. The highest BCUT2D eigenvalue weighted by atomic mass is 16.3. The summed E-state index contributed by atoms with van der Waals surface area (Å²) >= 11 is 0. The quantitative estimate of drug-likeness (QED) is 0.884. The maximum absolute atomic E-state index is 10.0. The number of aryl methyl sites for hydroxylation is 1. The molecule has 5 nitrogen and oxygen atoms in total. The molecule has 2 rings (SSSR count). The summed E-state index contributed by atoms with van der Waals surface area (Å²) in [6.45, 7) is 7.43. The summed E-state index contributed by atoms with van der Waals surface area (Å²) in [5, 5.41) is 13.3. The van der Waals surface area contributed by atoms with Gasteiger partial charge in [0.05, 0.1) is 17.3 Å². The first-order valence-corrected chi connectivity index (χ1v) is 6.34. The standard InChI is InChI=1S/C14H20N4O/c1-10(14(3,4)19)17-12-6-5-7-16-13(12)18-9-8-15-11(18)2/h5-10,17,19H,1-4H3. The van der Waals surface area contributed by atoms with Gasteiger partial charge in [0.1, 0.15) is 5.82 Å². The number of nitrogens with zero attached hydrogens (tertiary/aromatic N) is 3. The zero-order chi connectivity index (χ0) is 14.0. The van der Waals surface area contributed by atoms with Crippen LogP contribution in [-0.2, 0) is 0 Å². The van der Waals surface area contributed by atoms with E-state index in [-0.39, 0.29) is 6.04 Å². The van der Waals surface area contributed by atoms with Crippen molar-refractivity contribution < 1.29 is 5.11 Å². The number of hydrogen-bond donors (Lipinski definition) is 2. The highest BCUT2D eigenvalue weighted by molar-refractivity contribution is 5.57. The minimum atomic E-state index is -0.808. The number of anilines is 1. The molecule has 0 amide bonds. The maximum atomic E-state index is 10.0. The normalized spacial score (nSPS) is 13.3. The van der Waals surface area contributed by atoms with Crippen LogP contribution >= 0.6 is 0 Å². The van der Waals surface area contributed by atoms with Crippen LogP contribution in [0, 0.1) is 6.92 Å². The summed E-state index contributed by atoms with van der Waals surface area (Å²) in [5.41, 5.74) is 0.0649. The molecule has 2 aromatic rings. The summed E-state index contributed by atoms with van der Waals surface area (Å²) in [4.78, 5) is 8.60. The van der Waals surface area contributed by atoms with E-state index in [0.717, 1.165) is 17.3 Å². The molecular formula is C14H20N4O. The lowest BCUT2D eigenvalue weighted by molar-refractivity contribution is 0.0649. The van der Waals surface area contributed by atoms with Gasteiger partial charge in [0.15, 0.2) is 5.82 Å². The van der Waals surface area contributed by atoms with Crippen LogP contribution in [0.1, 0.15) is 26.6 Å². The minimum Gasteiger partial charge on any atom is -0.388 e. The van der Waals surface area contributed by atoms with Crippen molar-refractivity contribution in [3.63, 3.8) is 0 Å². The second-order valence-electron chi connectivity index (χ2n) is 5.24. The van der Waals surface area contributed by atoms with Gasteiger partial charge in [-0.25, -0.2) is 9.97 Å². The van der Waals surface area contributed by atoms with Gasteiger partial charge >= 0.3 is 0 Å². The number of aromatic nitrogens is 3. The average Bonchev–Trinajstić information content (AvgIpc) is 2.75. The summed E-state index contributed by atoms with van der Waals surface area (Å²) in [6.07, 6.45) is 5.36. The van der Waals surface area contributed by atoms with E-state index in [2.05, 4.69) is 15.3 Å². The zero-order valence-electron chi connectivity index (χ0n) is 11.8. The fourth-order valence-electron chi connectivity index (χ4n) is 1.71. The van der Waals surface area contributed by atoms with E-state index < -0.39 is 5.60 Å². The molecule has 2 heterocycles. The van der Waals surface area contributed by atoms with E-state index in [4.69, 9.17) is 0 Å². The molecule has 1 unspecified atom stereocenters. The van der Waals surface area contributed by atoms with Gasteiger partial charge in [0.2, 0.25) is 0 Å². The van der Waals surface area contributed by atoms with Gasteiger partial charge < -0.3 is 10.4 Å². The Bertz CT molecular complexity index is 557. The first kappa shape index (κ1) is 13.5. The largest absolute Gasteiger partial charge is 0.388 e. The zero-order valence-corrected chi connectivity index (χ0v) is 11.8. The molecule has 0 aliphatic carbocycles. The van der Waals surface area contributed by atoms with E-state index in [1.165, 1.54) is 0 Å². The van der Waals surface area contributed by atoms with E-state index >= 15 is 0 Å². The molecule has 2 N–H and O–H groups in total. The van der Waals surface area contributed by atoms with Crippen LogP contribution in [0.3, 0.4) is 0 Å². The first-order chi connectivity index (χ1) is 8.89. The Morgan fingerprint density at radius 3 is 2.63 bits per heavy atom. The molecule has 0 spiro atoms. The van der Waals surface area contributed by atoms with Crippen LogP contribution in [0.4, 0.5) is 5.69 Å². The van der Waals surface area contributed by atoms with Crippen LogP contribution in [-0.4, -0.2) is 31.3 Å². The summed E-state index contributed by atoms with van der Waals surface area (Å²) in [5.74, 6) is 1.66. The topological polar surface area (TPSA) is 63.0 Å². The molecule has 0 aliphatic rings. The highest BCUT2D eigenvalue weighted by Gasteiger charge is 2.23. The lowest BCUT2D eigenvalue weighted by Crippen LogP contribution is -2.39. The molecule has 2 aromatic heterocycles. The summed E-state index contributed by atoms with van der Waals surface area (Å²) in [7, 11) is 0. The van der Waals surface area contributed by atoms with Crippen molar-refractivity contribution in [2.24, 2.45) is 0 Å². The first-order valence-electron chi connectivity index (χ1n) is 6.34. The maximum Gasteiger partial charge on any atom is 0.161 e. The number of pyridine rings is 1. The molecule has 102 valence electrons. The van der Waals surface area contributed by atoms with Crippen LogP contribution < -0.4 is 5.32 Å². The van der Waals surface area contributed by atoms with Crippen molar-refractivity contribution in [2.45, 2.75) is 39.3 Å². The van der Waals surface area contributed by atoms with Crippen molar-refractivity contribution in [3.05, 3.63) is 36.5 Å². The monoisotopic (exact) mass is 260 g/mol. The average molecular weight is 260 g/mol. The van der Waals surface area contributed by atoms with Gasteiger partial charge in [0.25, 0.3) is 0 Å². The SMILES string of the molecule is Cc1nccn1-c1ncccc1NC(C)C(C)(C)O. The molecule has 5 heteroatoms. The predicted molar refractivity (Wildman–Crippen MR) is 75.5 cm³/mol. The molecular weight excluding hydrogens is 240 g/mol. The lowest BCUT2D eigenvalue weighted by atomic mass is 10.0. The number of rotatable bonds is 4. The molecule has 0 aromatic carbocycles. The smallest absolute Gasteiger partial charge is 0.161 e. The number of aliphatic hydroxyl groups is 1. The van der Waals surface area contributed by atoms with E-state index in [9.17, 15) is 5.11 Å². The fraction of sp³-hybridized carbons (Fsp3) is 0.429. The van der Waals surface area contributed by atoms with E-state index in [0.29, 0.717) is 0 Å². The number of nitrogens with one attached hydrogen (secondary N) is 1. The predicted octanol–water partition coefficient (Wildman–Crippen LogP) is 2.15. The van der Waals surface area contributed by atoms with Crippen molar-refractivity contribution in [3.8, 4) is 5.82 Å². The second-order valence-corrected chi connectivity index (χ2v) is 5.24. The molecule has 19 heavy (non-hydrogen) atoms. The third kappa shape index (κ3) is 2.93. The third-order valence-corrected chi connectivity index (χ3v) is 3.27. The fourth-order valence-corrected chi connectivity index (χ4v) is 1.71. The van der Waals surface area contributed by atoms with Gasteiger partial charge in [-0.1, -0.05) is 0 Å². The number of imidazole rings is 1. The Balaban J connectivity index is 2.35. The Hall–Kier alpha value is -1.88. The van der Waals surface area contributed by atoms with Crippen LogP contribution in [0.5, 0.6) is 0 Å². The van der Waals surface area contributed by atoms with Crippen LogP contribution in [0.15, 0.2) is 30.7 Å². The second kappa shape index (κ2) is 5.01. The highest BCUT2D eigenvalue weighted by Crippen LogP contribution is 2.22. The van der Waals surface area contributed by atoms with Crippen LogP contribution in [0.25, 0.3) is 5.82 Å². The number of hydrogen-bond acceptors (Lipinski definition) is 4. The van der Waals surface area contributed by atoms with E-state index in [1.807, 2.05) is 36.7 Å². The molecule has 0 radical (unpaired) electrons. The van der Waals surface area contributed by atoms with Gasteiger partial charge in [-0.3, -0.25) is 4.57 Å². The lowest BCUT2D eigenvalue weighted by Gasteiger charge is -2.28. The molecule has 0 bridgehead atoms. The summed E-state index contributed by atoms with van der Waals surface area (Å²) in [6, 6.07) is 3.72. The summed E-state index contributed by atoms with van der Waals surface area (Å²) < 4.78 is 1.92. The minimum absolute atomic E-state index is 0.0979. The van der Waals surface area contributed by atoms with E-state index in [1.54, 1.807) is 26.2 Å². The molecule has 0 aliphatic heterocycles. The van der Waals surface area contributed by atoms with Crippen molar-refractivity contribution in [1.29, 1.82) is 0 Å². The third-order valence-electron chi connectivity index (χ3n) is 3.27. The Morgan fingerprint density at radius 2 is 2.05 bits per heavy atom. The molecule has 0 saturated carbocycles. The molecule has 0 fully saturated rings. The van der Waals surface area contributed by atoms with Crippen molar-refractivity contribution in [2.75, 3.05) is 5.32 Å². The van der Waals surface area contributed by atoms with Gasteiger partial charge in [0, 0.05) is 18.6 Å². The van der Waals surface area contributed by atoms with Gasteiger partial charge in [-0.2, -0.15) is 0 Å². The van der Waals surface area contributed by atoms with Crippen molar-refractivity contribution >= 4 is 5.69 Å². The Labute approximate surface area is 113 Å². The van der Waals surface area contributed by atoms with Gasteiger partial charge in [-0.05, 0) is 39.8 Å². The van der Waals surface area contributed by atoms with Crippen LogP contribution in [0.2, 0.25) is 0 Å².